The van der Waals surface area contributed by atoms with Gasteiger partial charge in [-0.25, -0.2) is 0 Å². The summed E-state index contributed by atoms with van der Waals surface area (Å²) >= 11 is 9.44. The summed E-state index contributed by atoms with van der Waals surface area (Å²) in [6, 6.07) is 0. The normalized spacial score (nSPS) is 13.4. The summed E-state index contributed by atoms with van der Waals surface area (Å²) in [5.74, 6) is 0. The third-order valence-electron chi connectivity index (χ3n) is 0.634. The molecule has 0 aromatic rings. The average Bonchev–Trinajstić information content (AvgIpc) is 1.64. The number of hydrogen-bond acceptors (Lipinski definition) is 0. The van der Waals surface area contributed by atoms with Crippen LogP contribution < -0.4 is 0 Å². The second kappa shape index (κ2) is 2.39. The highest BCUT2D eigenvalue weighted by Crippen LogP contribution is 2.40. The van der Waals surface area contributed by atoms with Crippen LogP contribution in [0.25, 0.3) is 0 Å². The molecular weight excluding hydrogens is 176 g/mol. The van der Waals surface area contributed by atoms with Crippen molar-refractivity contribution < 1.29 is 13.2 Å². The summed E-state index contributed by atoms with van der Waals surface area (Å²) in [6.07, 6.45) is -4.21. The Hall–Kier alpha value is 0.110. The van der Waals surface area contributed by atoms with E-state index in [-0.39, 0.29) is 0 Å². The number of hydrogen-bond donors (Lipinski definition) is 0. The SMILES string of the molecule is C=CC(Cl)(Cl)C(F)(F)F. The summed E-state index contributed by atoms with van der Waals surface area (Å²) in [5, 5.41) is 0. The molecule has 5 heteroatoms. The van der Waals surface area contributed by atoms with Crippen LogP contribution >= 0.6 is 23.2 Å². The highest BCUT2D eigenvalue weighted by Gasteiger charge is 2.50. The minimum atomic E-state index is -4.64. The van der Waals surface area contributed by atoms with Crippen molar-refractivity contribution in [1.82, 2.24) is 0 Å². The van der Waals surface area contributed by atoms with Gasteiger partial charge >= 0.3 is 6.18 Å². The molecule has 0 atom stereocenters. The van der Waals surface area contributed by atoms with Gasteiger partial charge in [-0.3, -0.25) is 0 Å². The molecule has 0 saturated heterocycles. The maximum Gasteiger partial charge on any atom is 0.425 e. The van der Waals surface area contributed by atoms with E-state index in [4.69, 9.17) is 23.2 Å². The van der Waals surface area contributed by atoms with E-state index in [1.807, 2.05) is 0 Å². The van der Waals surface area contributed by atoms with Crippen LogP contribution in [0.4, 0.5) is 13.2 Å². The van der Waals surface area contributed by atoms with Crippen LogP contribution in [0, 0.1) is 0 Å². The first-order valence-corrected chi connectivity index (χ1v) is 2.65. The molecule has 0 nitrogen and oxygen atoms in total. The van der Waals surface area contributed by atoms with Crippen LogP contribution in [0.15, 0.2) is 12.7 Å². The zero-order valence-corrected chi connectivity index (χ0v) is 5.69. The van der Waals surface area contributed by atoms with Crippen molar-refractivity contribution in [2.45, 2.75) is 10.5 Å². The van der Waals surface area contributed by atoms with Gasteiger partial charge < -0.3 is 0 Å². The Balaban J connectivity index is 4.32. The zero-order valence-electron chi connectivity index (χ0n) is 4.17. The van der Waals surface area contributed by atoms with E-state index in [0.717, 1.165) is 0 Å². The minimum absolute atomic E-state index is 0.427. The molecule has 0 aliphatic heterocycles. The average molecular weight is 179 g/mol. The summed E-state index contributed by atoms with van der Waals surface area (Å²) in [7, 11) is 0. The van der Waals surface area contributed by atoms with Crippen LogP contribution in [0.1, 0.15) is 0 Å². The van der Waals surface area contributed by atoms with E-state index in [2.05, 4.69) is 6.58 Å². The molecule has 0 bridgehead atoms. The Morgan fingerprint density at radius 3 is 1.56 bits per heavy atom. The van der Waals surface area contributed by atoms with Gasteiger partial charge in [-0.05, 0) is 6.08 Å². The Labute approximate surface area is 60.2 Å². The molecule has 0 heterocycles. The quantitative estimate of drug-likeness (QED) is 0.428. The van der Waals surface area contributed by atoms with Crippen molar-refractivity contribution in [1.29, 1.82) is 0 Å². The molecule has 0 saturated carbocycles. The van der Waals surface area contributed by atoms with Crippen molar-refractivity contribution >= 4 is 23.2 Å². The van der Waals surface area contributed by atoms with Gasteiger partial charge in [0.05, 0.1) is 0 Å². The smallest absolute Gasteiger partial charge is 0.167 e. The van der Waals surface area contributed by atoms with Crippen LogP contribution in [0.2, 0.25) is 0 Å². The zero-order chi connectivity index (χ0) is 7.71. The van der Waals surface area contributed by atoms with E-state index < -0.39 is 10.5 Å². The molecule has 0 aliphatic rings. The topological polar surface area (TPSA) is 0 Å². The molecule has 0 amide bonds. The van der Waals surface area contributed by atoms with Crippen molar-refractivity contribution in [2.75, 3.05) is 0 Å². The highest BCUT2D eigenvalue weighted by molar-refractivity contribution is 6.50. The van der Waals surface area contributed by atoms with Gasteiger partial charge in [0.1, 0.15) is 0 Å². The summed E-state index contributed by atoms with van der Waals surface area (Å²) in [4.78, 5) is 0. The fraction of sp³-hybridized carbons (Fsp3) is 0.500. The van der Waals surface area contributed by atoms with Crippen molar-refractivity contribution in [3.8, 4) is 0 Å². The van der Waals surface area contributed by atoms with E-state index >= 15 is 0 Å². The molecule has 0 rings (SSSR count). The van der Waals surface area contributed by atoms with Gasteiger partial charge in [0, 0.05) is 0 Å². The third kappa shape index (κ3) is 2.06. The second-order valence-electron chi connectivity index (χ2n) is 1.32. The van der Waals surface area contributed by atoms with Gasteiger partial charge in [0.15, 0.2) is 0 Å². The van der Waals surface area contributed by atoms with Gasteiger partial charge in [-0.15, -0.1) is 0 Å². The monoisotopic (exact) mass is 178 g/mol. The van der Waals surface area contributed by atoms with Crippen LogP contribution in [0.5, 0.6) is 0 Å². The van der Waals surface area contributed by atoms with Gasteiger partial charge in [-0.2, -0.15) is 13.2 Å². The second-order valence-corrected chi connectivity index (χ2v) is 2.71. The lowest BCUT2D eigenvalue weighted by molar-refractivity contribution is -0.131. The Morgan fingerprint density at radius 1 is 1.22 bits per heavy atom. The molecule has 0 spiro atoms. The number of halogens is 5. The van der Waals surface area contributed by atoms with Gasteiger partial charge in [0.25, 0.3) is 0 Å². The Kier molecular flexibility index (Phi) is 2.41. The molecule has 0 N–H and O–H groups in total. The number of rotatable bonds is 1. The molecule has 0 aromatic carbocycles. The van der Waals surface area contributed by atoms with E-state index in [0.29, 0.717) is 6.08 Å². The summed E-state index contributed by atoms with van der Waals surface area (Å²) in [5.41, 5.74) is 0. The van der Waals surface area contributed by atoms with Gasteiger partial charge in [-0.1, -0.05) is 29.8 Å². The van der Waals surface area contributed by atoms with Crippen molar-refractivity contribution in [2.24, 2.45) is 0 Å². The number of allylic oxidation sites excluding steroid dienone is 1. The van der Waals surface area contributed by atoms with E-state index in [1.54, 1.807) is 0 Å². The molecule has 0 aromatic heterocycles. The molecule has 0 fully saturated rings. The minimum Gasteiger partial charge on any atom is -0.167 e. The van der Waals surface area contributed by atoms with Crippen molar-refractivity contribution in [3.05, 3.63) is 12.7 Å². The molecule has 9 heavy (non-hydrogen) atoms. The fourth-order valence-corrected chi connectivity index (χ4v) is 0.116. The van der Waals surface area contributed by atoms with Crippen molar-refractivity contribution in [3.63, 3.8) is 0 Å². The molecule has 0 radical (unpaired) electrons. The van der Waals surface area contributed by atoms with E-state index in [1.165, 1.54) is 0 Å². The largest absolute Gasteiger partial charge is 0.425 e. The lowest BCUT2D eigenvalue weighted by Gasteiger charge is -2.17. The Morgan fingerprint density at radius 2 is 1.56 bits per heavy atom. The first-order chi connectivity index (χ1) is 3.81. The van der Waals surface area contributed by atoms with E-state index in [9.17, 15) is 13.2 Å². The first kappa shape index (κ1) is 9.11. The highest BCUT2D eigenvalue weighted by atomic mass is 35.5. The lowest BCUT2D eigenvalue weighted by atomic mass is 10.4. The number of alkyl halides is 5. The molecule has 0 unspecified atom stereocenters. The standard InChI is InChI=1S/C4H3Cl2F3/c1-2-3(5,6)4(7,8)9/h2H,1H2. The van der Waals surface area contributed by atoms with Gasteiger partial charge in [0.2, 0.25) is 4.33 Å². The summed E-state index contributed by atoms with van der Waals surface area (Å²) < 4.78 is 31.7. The maximum absolute atomic E-state index is 11.5. The van der Waals surface area contributed by atoms with Crippen LogP contribution in [0.3, 0.4) is 0 Å². The lowest BCUT2D eigenvalue weighted by Crippen LogP contribution is -2.31. The molecular formula is C4H3Cl2F3. The predicted molar refractivity (Wildman–Crippen MR) is 30.7 cm³/mol. The molecule has 54 valence electrons. The molecule has 0 aliphatic carbocycles. The first-order valence-electron chi connectivity index (χ1n) is 1.89. The Bertz CT molecular complexity index is 115. The predicted octanol–water partition coefficient (Wildman–Crippen LogP) is 2.91. The fourth-order valence-electron chi connectivity index (χ4n) is 0.116. The third-order valence-corrected chi connectivity index (χ3v) is 1.37. The maximum atomic E-state index is 11.5. The van der Waals surface area contributed by atoms with Crippen LogP contribution in [-0.4, -0.2) is 10.5 Å². The van der Waals surface area contributed by atoms with Crippen LogP contribution in [-0.2, 0) is 0 Å². The summed E-state index contributed by atoms with van der Waals surface area (Å²) in [6.45, 7) is 2.81.